The molecule has 0 bridgehead atoms. The number of hydrogen-bond donors (Lipinski definition) is 1. The number of rotatable bonds is 6. The topological polar surface area (TPSA) is 12.0 Å². The van der Waals surface area contributed by atoms with Crippen LogP contribution in [0.15, 0.2) is 18.2 Å². The highest BCUT2D eigenvalue weighted by Gasteiger charge is 2.20. The highest BCUT2D eigenvalue weighted by Crippen LogP contribution is 2.21. The molecule has 1 atom stereocenters. The quantitative estimate of drug-likeness (QED) is 0.815. The second kappa shape index (κ2) is 5.83. The van der Waals surface area contributed by atoms with Gasteiger partial charge in [0.2, 0.25) is 0 Å². The van der Waals surface area contributed by atoms with Gasteiger partial charge in [0.25, 0.3) is 0 Å². The van der Waals surface area contributed by atoms with Gasteiger partial charge < -0.3 is 5.32 Å². The monoisotopic (exact) mass is 255 g/mol. The smallest absolute Gasteiger partial charge is 0.123 e. The molecule has 94 valence electrons. The molecule has 17 heavy (non-hydrogen) atoms. The minimum absolute atomic E-state index is 0.201. The number of aryl methyl sites for hydroxylation is 1. The van der Waals surface area contributed by atoms with Crippen molar-refractivity contribution in [3.63, 3.8) is 0 Å². The van der Waals surface area contributed by atoms with Gasteiger partial charge in [-0.3, -0.25) is 0 Å². The highest BCUT2D eigenvalue weighted by molar-refractivity contribution is 6.31. The van der Waals surface area contributed by atoms with E-state index in [0.29, 0.717) is 10.9 Å². The van der Waals surface area contributed by atoms with E-state index in [2.05, 4.69) is 12.2 Å². The van der Waals surface area contributed by atoms with Gasteiger partial charge in [-0.05, 0) is 61.9 Å². The zero-order valence-electron chi connectivity index (χ0n) is 10.2. The van der Waals surface area contributed by atoms with Crippen molar-refractivity contribution >= 4 is 11.6 Å². The molecule has 1 aromatic carbocycles. The Kier molecular flexibility index (Phi) is 4.41. The van der Waals surface area contributed by atoms with Crippen molar-refractivity contribution in [3.05, 3.63) is 34.6 Å². The lowest BCUT2D eigenvalue weighted by atomic mass is 10.0. The molecule has 0 aromatic heterocycles. The Labute approximate surface area is 107 Å². The van der Waals surface area contributed by atoms with Crippen LogP contribution in [0.2, 0.25) is 5.02 Å². The molecule has 1 unspecified atom stereocenters. The first-order valence-corrected chi connectivity index (χ1v) is 6.70. The van der Waals surface area contributed by atoms with E-state index in [1.807, 2.05) is 0 Å². The van der Waals surface area contributed by atoms with Gasteiger partial charge in [0, 0.05) is 11.1 Å². The van der Waals surface area contributed by atoms with Crippen molar-refractivity contribution in [2.45, 2.75) is 38.6 Å². The van der Waals surface area contributed by atoms with Crippen molar-refractivity contribution in [2.24, 2.45) is 5.92 Å². The maximum absolute atomic E-state index is 13.1. The number of halogens is 2. The van der Waals surface area contributed by atoms with Crippen LogP contribution in [0.25, 0.3) is 0 Å². The van der Waals surface area contributed by atoms with Crippen LogP contribution < -0.4 is 5.32 Å². The summed E-state index contributed by atoms with van der Waals surface area (Å²) in [5, 5.41) is 4.19. The van der Waals surface area contributed by atoms with E-state index in [4.69, 9.17) is 11.6 Å². The zero-order valence-corrected chi connectivity index (χ0v) is 10.9. The summed E-state index contributed by atoms with van der Waals surface area (Å²) in [6.07, 6.45) is 4.54. The Balaban J connectivity index is 1.77. The van der Waals surface area contributed by atoms with Crippen molar-refractivity contribution in [3.8, 4) is 0 Å². The van der Waals surface area contributed by atoms with Crippen LogP contribution in [-0.2, 0) is 6.42 Å². The van der Waals surface area contributed by atoms with Gasteiger partial charge in [-0.1, -0.05) is 18.5 Å². The Hall–Kier alpha value is -0.600. The summed E-state index contributed by atoms with van der Waals surface area (Å²) in [7, 11) is 0. The molecule has 3 heteroatoms. The predicted molar refractivity (Wildman–Crippen MR) is 69.9 cm³/mol. The molecule has 0 radical (unpaired) electrons. The van der Waals surface area contributed by atoms with Crippen molar-refractivity contribution in [1.29, 1.82) is 0 Å². The maximum Gasteiger partial charge on any atom is 0.123 e. The summed E-state index contributed by atoms with van der Waals surface area (Å²) in [5.41, 5.74) is 0.921. The molecule has 0 amide bonds. The lowest BCUT2D eigenvalue weighted by Gasteiger charge is -2.12. The van der Waals surface area contributed by atoms with E-state index in [1.54, 1.807) is 12.1 Å². The minimum Gasteiger partial charge on any atom is -0.314 e. The van der Waals surface area contributed by atoms with Crippen LogP contribution in [0, 0.1) is 11.7 Å². The van der Waals surface area contributed by atoms with Crippen LogP contribution in [-0.4, -0.2) is 12.6 Å². The molecule has 1 N–H and O–H groups in total. The van der Waals surface area contributed by atoms with Gasteiger partial charge in [0.05, 0.1) is 0 Å². The van der Waals surface area contributed by atoms with Crippen LogP contribution in [0.4, 0.5) is 4.39 Å². The summed E-state index contributed by atoms with van der Waals surface area (Å²) < 4.78 is 13.1. The largest absolute Gasteiger partial charge is 0.314 e. The highest BCUT2D eigenvalue weighted by atomic mass is 35.5. The van der Waals surface area contributed by atoms with E-state index < -0.39 is 0 Å². The average Bonchev–Trinajstić information content (AvgIpc) is 3.11. The zero-order chi connectivity index (χ0) is 12.3. The Morgan fingerprint density at radius 1 is 1.47 bits per heavy atom. The molecular weight excluding hydrogens is 237 g/mol. The molecule has 1 aromatic rings. The third kappa shape index (κ3) is 4.29. The first-order chi connectivity index (χ1) is 8.15. The fraction of sp³-hybridized carbons (Fsp3) is 0.571. The van der Waals surface area contributed by atoms with Gasteiger partial charge in [0.15, 0.2) is 0 Å². The van der Waals surface area contributed by atoms with Crippen LogP contribution in [0.1, 0.15) is 31.7 Å². The van der Waals surface area contributed by atoms with Crippen LogP contribution >= 0.6 is 11.6 Å². The summed E-state index contributed by atoms with van der Waals surface area (Å²) >= 11 is 6.03. The van der Waals surface area contributed by atoms with E-state index in [-0.39, 0.29) is 5.82 Å². The molecule has 0 spiro atoms. The van der Waals surface area contributed by atoms with Gasteiger partial charge in [-0.25, -0.2) is 4.39 Å². The maximum atomic E-state index is 13.1. The fourth-order valence-corrected chi connectivity index (χ4v) is 2.11. The van der Waals surface area contributed by atoms with E-state index in [0.717, 1.165) is 31.0 Å². The van der Waals surface area contributed by atoms with Gasteiger partial charge in [-0.2, -0.15) is 0 Å². The molecule has 1 aliphatic rings. The number of benzene rings is 1. The summed E-state index contributed by atoms with van der Waals surface area (Å²) in [6, 6.07) is 5.35. The third-order valence-electron chi connectivity index (χ3n) is 3.25. The standard InChI is InChI=1S/C14H19ClFN/c1-10(9-17-13-5-6-13)2-3-11-8-12(16)4-7-14(11)15/h4,7-8,10,13,17H,2-3,5-6,9H2,1H3. The first-order valence-electron chi connectivity index (χ1n) is 6.32. The molecule has 0 saturated heterocycles. The van der Waals surface area contributed by atoms with Gasteiger partial charge >= 0.3 is 0 Å². The summed E-state index contributed by atoms with van der Waals surface area (Å²) in [5.74, 6) is 0.406. The van der Waals surface area contributed by atoms with Crippen LogP contribution in [0.5, 0.6) is 0 Å². The van der Waals surface area contributed by atoms with E-state index in [1.165, 1.54) is 18.9 Å². The van der Waals surface area contributed by atoms with Crippen molar-refractivity contribution < 1.29 is 4.39 Å². The molecular formula is C14H19ClFN. The van der Waals surface area contributed by atoms with Crippen LogP contribution in [0.3, 0.4) is 0 Å². The summed E-state index contributed by atoms with van der Waals surface area (Å²) in [6.45, 7) is 3.28. The second-order valence-electron chi connectivity index (χ2n) is 5.06. The molecule has 1 nitrogen and oxygen atoms in total. The van der Waals surface area contributed by atoms with Crippen molar-refractivity contribution in [2.75, 3.05) is 6.54 Å². The average molecular weight is 256 g/mol. The molecule has 1 fully saturated rings. The Bertz CT molecular complexity index is 376. The first kappa shape index (κ1) is 12.8. The van der Waals surface area contributed by atoms with E-state index >= 15 is 0 Å². The SMILES string of the molecule is CC(CCc1cc(F)ccc1Cl)CNC1CC1. The molecule has 0 aliphatic heterocycles. The second-order valence-corrected chi connectivity index (χ2v) is 5.47. The lowest BCUT2D eigenvalue weighted by Crippen LogP contribution is -2.23. The predicted octanol–water partition coefficient (Wildman–Crippen LogP) is 3.80. The van der Waals surface area contributed by atoms with Gasteiger partial charge in [-0.15, -0.1) is 0 Å². The fourth-order valence-electron chi connectivity index (χ4n) is 1.89. The van der Waals surface area contributed by atoms with Crippen molar-refractivity contribution in [1.82, 2.24) is 5.32 Å². The lowest BCUT2D eigenvalue weighted by molar-refractivity contribution is 0.479. The molecule has 1 aliphatic carbocycles. The third-order valence-corrected chi connectivity index (χ3v) is 3.62. The molecule has 2 rings (SSSR count). The molecule has 0 heterocycles. The number of nitrogens with one attached hydrogen (secondary N) is 1. The van der Waals surface area contributed by atoms with Gasteiger partial charge in [0.1, 0.15) is 5.82 Å². The van der Waals surface area contributed by atoms with E-state index in [9.17, 15) is 4.39 Å². The normalized spacial score (nSPS) is 17.1. The number of hydrogen-bond acceptors (Lipinski definition) is 1. The Morgan fingerprint density at radius 3 is 2.94 bits per heavy atom. The Morgan fingerprint density at radius 2 is 2.24 bits per heavy atom. The molecule has 1 saturated carbocycles. The minimum atomic E-state index is -0.201. The summed E-state index contributed by atoms with van der Waals surface area (Å²) in [4.78, 5) is 0.